The van der Waals surface area contributed by atoms with Crippen LogP contribution >= 0.6 is 11.9 Å². The minimum atomic E-state index is -0.902. The Hall–Kier alpha value is -2.79. The van der Waals surface area contributed by atoms with Gasteiger partial charge in [0.2, 0.25) is 0 Å². The summed E-state index contributed by atoms with van der Waals surface area (Å²) in [5.41, 5.74) is 7.08. The van der Waals surface area contributed by atoms with E-state index in [-0.39, 0.29) is 10.8 Å². The standard InChI is InChI=1S/C30H36N2O2S/c1-6-27(35-32-17-7-16-31-20-32)24-19-26-25(29(2,3)14-15-30(26,4)5)18-23(24)13-10-21-8-11-22(12-9-21)28(33)34/h7-13,16-19,27H,6,14-15,20H2,1-5H3,(H,33,34)/b13-10+. The van der Waals surface area contributed by atoms with Crippen molar-refractivity contribution < 1.29 is 9.90 Å². The van der Waals surface area contributed by atoms with E-state index >= 15 is 0 Å². The van der Waals surface area contributed by atoms with Crippen molar-refractivity contribution in [1.82, 2.24) is 4.31 Å². The normalized spacial score (nSPS) is 19.1. The molecule has 0 radical (unpaired) electrons. The first kappa shape index (κ1) is 25.3. The molecule has 0 aromatic heterocycles. The van der Waals surface area contributed by atoms with E-state index in [1.54, 1.807) is 12.1 Å². The number of allylic oxidation sites excluding steroid dienone is 1. The molecule has 0 fully saturated rings. The maximum absolute atomic E-state index is 11.2. The molecule has 184 valence electrons. The van der Waals surface area contributed by atoms with Crippen LogP contribution in [-0.4, -0.2) is 28.3 Å². The van der Waals surface area contributed by atoms with Crippen LogP contribution < -0.4 is 0 Å². The molecular formula is C30H36N2O2S. The number of aromatic carboxylic acids is 1. The number of rotatable bonds is 7. The van der Waals surface area contributed by atoms with Gasteiger partial charge in [0, 0.05) is 12.4 Å². The number of carbonyl (C=O) groups is 1. The van der Waals surface area contributed by atoms with Gasteiger partial charge in [-0.15, -0.1) is 0 Å². The van der Waals surface area contributed by atoms with Crippen molar-refractivity contribution in [3.8, 4) is 0 Å². The summed E-state index contributed by atoms with van der Waals surface area (Å²) in [7, 11) is 0. The Morgan fingerprint density at radius 3 is 2.31 bits per heavy atom. The van der Waals surface area contributed by atoms with Gasteiger partial charge in [-0.05, 0) is 88.1 Å². The second-order valence-electron chi connectivity index (χ2n) is 10.8. The average molecular weight is 489 g/mol. The molecule has 35 heavy (non-hydrogen) atoms. The van der Waals surface area contributed by atoms with Crippen LogP contribution in [0.15, 0.2) is 53.7 Å². The first-order valence-corrected chi connectivity index (χ1v) is 13.2. The van der Waals surface area contributed by atoms with Gasteiger partial charge in [-0.1, -0.05) is 71.0 Å². The number of aliphatic imine (C=N–C) groups is 1. The van der Waals surface area contributed by atoms with Crippen LogP contribution in [0.1, 0.15) is 97.3 Å². The third-order valence-corrected chi connectivity index (χ3v) is 8.66. The minimum Gasteiger partial charge on any atom is -0.478 e. The molecule has 1 atom stereocenters. The summed E-state index contributed by atoms with van der Waals surface area (Å²) in [6.45, 7) is 12.4. The predicted molar refractivity (Wildman–Crippen MR) is 149 cm³/mol. The Balaban J connectivity index is 1.78. The van der Waals surface area contributed by atoms with Crippen LogP contribution in [-0.2, 0) is 10.8 Å². The van der Waals surface area contributed by atoms with Crippen LogP contribution in [0, 0.1) is 0 Å². The molecule has 4 nitrogen and oxygen atoms in total. The van der Waals surface area contributed by atoms with Crippen LogP contribution in [0.25, 0.3) is 12.2 Å². The lowest BCUT2D eigenvalue weighted by molar-refractivity contribution is 0.0697. The summed E-state index contributed by atoms with van der Waals surface area (Å²) in [6, 6.07) is 12.0. The van der Waals surface area contributed by atoms with Crippen LogP contribution in [0.5, 0.6) is 0 Å². The van der Waals surface area contributed by atoms with Gasteiger partial charge in [0.25, 0.3) is 0 Å². The molecule has 1 heterocycles. The summed E-state index contributed by atoms with van der Waals surface area (Å²) in [4.78, 5) is 15.6. The molecule has 0 amide bonds. The SMILES string of the molecule is CCC(SN1C=CC=NC1)c1cc2c(cc1/C=C/c1ccc(C(=O)O)cc1)C(C)(C)CCC2(C)C. The van der Waals surface area contributed by atoms with Crippen molar-refractivity contribution >= 4 is 36.3 Å². The Labute approximate surface area is 214 Å². The number of carboxylic acid groups (broad SMARTS) is 1. The number of hydrogen-bond donors (Lipinski definition) is 1. The van der Waals surface area contributed by atoms with E-state index in [2.05, 4.69) is 74.4 Å². The summed E-state index contributed by atoms with van der Waals surface area (Å²) >= 11 is 1.84. The molecule has 1 N–H and O–H groups in total. The molecule has 2 aliphatic rings. The quantitative estimate of drug-likeness (QED) is 0.318. The molecule has 0 bridgehead atoms. The van der Waals surface area contributed by atoms with Gasteiger partial charge in [-0.3, -0.25) is 4.99 Å². The maximum Gasteiger partial charge on any atom is 0.335 e. The minimum absolute atomic E-state index is 0.133. The first-order chi connectivity index (χ1) is 16.6. The van der Waals surface area contributed by atoms with E-state index in [4.69, 9.17) is 0 Å². The molecule has 0 spiro atoms. The number of hydrogen-bond acceptors (Lipinski definition) is 4. The van der Waals surface area contributed by atoms with Crippen molar-refractivity contribution in [2.75, 3.05) is 6.67 Å². The zero-order valence-electron chi connectivity index (χ0n) is 21.4. The van der Waals surface area contributed by atoms with Gasteiger partial charge >= 0.3 is 5.97 Å². The van der Waals surface area contributed by atoms with E-state index in [1.807, 2.05) is 36.4 Å². The molecule has 0 saturated heterocycles. The summed E-state index contributed by atoms with van der Waals surface area (Å²) in [5, 5.41) is 9.51. The van der Waals surface area contributed by atoms with E-state index in [9.17, 15) is 9.90 Å². The van der Waals surface area contributed by atoms with Gasteiger partial charge in [0.15, 0.2) is 0 Å². The summed E-state index contributed by atoms with van der Waals surface area (Å²) in [5.74, 6) is -0.902. The zero-order valence-corrected chi connectivity index (χ0v) is 22.2. The molecule has 4 rings (SSSR count). The zero-order chi connectivity index (χ0) is 25.2. The number of benzene rings is 2. The Bertz CT molecular complexity index is 1180. The Morgan fingerprint density at radius 1 is 1.09 bits per heavy atom. The van der Waals surface area contributed by atoms with Crippen molar-refractivity contribution in [2.24, 2.45) is 4.99 Å². The third-order valence-electron chi connectivity index (χ3n) is 7.31. The molecule has 2 aromatic carbocycles. The summed E-state index contributed by atoms with van der Waals surface area (Å²) in [6.07, 6.45) is 13.6. The van der Waals surface area contributed by atoms with E-state index in [0.29, 0.717) is 17.5 Å². The first-order valence-electron chi connectivity index (χ1n) is 12.4. The van der Waals surface area contributed by atoms with Crippen molar-refractivity contribution in [3.63, 3.8) is 0 Å². The lowest BCUT2D eigenvalue weighted by atomic mass is 9.62. The largest absolute Gasteiger partial charge is 0.478 e. The Kier molecular flexibility index (Phi) is 7.27. The molecule has 1 aliphatic heterocycles. The molecular weight excluding hydrogens is 452 g/mol. The molecule has 1 unspecified atom stereocenters. The van der Waals surface area contributed by atoms with Gasteiger partial charge in [0.1, 0.15) is 6.67 Å². The lowest BCUT2D eigenvalue weighted by Gasteiger charge is -2.43. The number of fused-ring (bicyclic) bond motifs is 1. The van der Waals surface area contributed by atoms with Crippen molar-refractivity contribution in [1.29, 1.82) is 0 Å². The monoisotopic (exact) mass is 488 g/mol. The van der Waals surface area contributed by atoms with Gasteiger partial charge in [-0.25, -0.2) is 4.79 Å². The molecule has 1 aliphatic carbocycles. The summed E-state index contributed by atoms with van der Waals surface area (Å²) < 4.78 is 2.21. The second kappa shape index (κ2) is 10.1. The number of nitrogens with zero attached hydrogens (tertiary/aromatic N) is 2. The number of carboxylic acids is 1. The highest BCUT2D eigenvalue weighted by molar-refractivity contribution is 7.97. The third kappa shape index (κ3) is 5.56. The topological polar surface area (TPSA) is 52.9 Å². The van der Waals surface area contributed by atoms with Gasteiger partial charge in [0.05, 0.1) is 10.8 Å². The average Bonchev–Trinajstić information content (AvgIpc) is 2.84. The van der Waals surface area contributed by atoms with Gasteiger partial charge in [-0.2, -0.15) is 0 Å². The van der Waals surface area contributed by atoms with E-state index < -0.39 is 5.97 Å². The molecule has 0 saturated carbocycles. The second-order valence-corrected chi connectivity index (χ2v) is 12.0. The molecule has 5 heteroatoms. The fourth-order valence-electron chi connectivity index (χ4n) is 4.95. The van der Waals surface area contributed by atoms with E-state index in [0.717, 1.165) is 12.0 Å². The smallest absolute Gasteiger partial charge is 0.335 e. The van der Waals surface area contributed by atoms with Crippen LogP contribution in [0.4, 0.5) is 0 Å². The predicted octanol–water partition coefficient (Wildman–Crippen LogP) is 7.86. The fourth-order valence-corrected chi connectivity index (χ4v) is 6.01. The highest BCUT2D eigenvalue weighted by Gasteiger charge is 2.38. The van der Waals surface area contributed by atoms with Crippen LogP contribution in [0.2, 0.25) is 0 Å². The maximum atomic E-state index is 11.2. The lowest BCUT2D eigenvalue weighted by Crippen LogP contribution is -2.34. The van der Waals surface area contributed by atoms with Gasteiger partial charge < -0.3 is 9.41 Å². The Morgan fingerprint density at radius 2 is 1.74 bits per heavy atom. The molecule has 2 aromatic rings. The van der Waals surface area contributed by atoms with Crippen LogP contribution in [0.3, 0.4) is 0 Å². The fraction of sp³-hybridized carbons (Fsp3) is 0.400. The van der Waals surface area contributed by atoms with Crippen molar-refractivity contribution in [3.05, 3.63) is 82.1 Å². The highest BCUT2D eigenvalue weighted by Crippen LogP contribution is 2.49. The highest BCUT2D eigenvalue weighted by atomic mass is 32.2. The van der Waals surface area contributed by atoms with E-state index in [1.165, 1.54) is 35.1 Å². The van der Waals surface area contributed by atoms with Crippen molar-refractivity contribution in [2.45, 2.75) is 70.0 Å².